The summed E-state index contributed by atoms with van der Waals surface area (Å²) in [6.07, 6.45) is 3.50. The van der Waals surface area contributed by atoms with E-state index in [4.69, 9.17) is 11.6 Å². The van der Waals surface area contributed by atoms with E-state index in [2.05, 4.69) is 15.3 Å². The fourth-order valence-corrected chi connectivity index (χ4v) is 2.69. The van der Waals surface area contributed by atoms with Crippen molar-refractivity contribution in [3.05, 3.63) is 29.0 Å². The Morgan fingerprint density at radius 2 is 2.35 bits per heavy atom. The second-order valence-electron chi connectivity index (χ2n) is 4.72. The fraction of sp³-hybridized carbons (Fsp3) is 0.462. The lowest BCUT2D eigenvalue weighted by atomic mass is 10.0. The molecule has 2 heterocycles. The van der Waals surface area contributed by atoms with Crippen LogP contribution in [-0.2, 0) is 6.42 Å². The van der Waals surface area contributed by atoms with E-state index >= 15 is 0 Å². The Morgan fingerprint density at radius 3 is 3.12 bits per heavy atom. The van der Waals surface area contributed by atoms with Crippen LogP contribution in [-0.4, -0.2) is 23.1 Å². The molecule has 1 aliphatic rings. The molecule has 4 heteroatoms. The first-order chi connectivity index (χ1) is 8.33. The van der Waals surface area contributed by atoms with Crippen molar-refractivity contribution in [3.63, 3.8) is 0 Å². The fourth-order valence-electron chi connectivity index (χ4n) is 2.47. The summed E-state index contributed by atoms with van der Waals surface area (Å²) < 4.78 is 0. The molecule has 1 saturated heterocycles. The molecule has 3 nitrogen and oxygen atoms in total. The van der Waals surface area contributed by atoms with Crippen LogP contribution in [0.25, 0.3) is 11.0 Å². The highest BCUT2D eigenvalue weighted by Crippen LogP contribution is 2.22. The van der Waals surface area contributed by atoms with Crippen molar-refractivity contribution in [2.45, 2.75) is 19.3 Å². The number of hydrogen-bond donors (Lipinski definition) is 2. The Kier molecular flexibility index (Phi) is 3.04. The second-order valence-corrected chi connectivity index (χ2v) is 5.12. The summed E-state index contributed by atoms with van der Waals surface area (Å²) in [6.45, 7) is 2.32. The quantitative estimate of drug-likeness (QED) is 0.878. The maximum absolute atomic E-state index is 6.11. The van der Waals surface area contributed by atoms with Crippen LogP contribution in [0, 0.1) is 5.92 Å². The molecule has 1 atom stereocenters. The Morgan fingerprint density at radius 1 is 1.41 bits per heavy atom. The van der Waals surface area contributed by atoms with Gasteiger partial charge in [0.1, 0.15) is 11.3 Å². The van der Waals surface area contributed by atoms with Crippen LogP contribution in [0.1, 0.15) is 18.7 Å². The zero-order chi connectivity index (χ0) is 11.7. The number of benzene rings is 1. The molecule has 0 bridgehead atoms. The highest BCUT2D eigenvalue weighted by Gasteiger charge is 2.15. The van der Waals surface area contributed by atoms with Gasteiger partial charge in [-0.25, -0.2) is 4.98 Å². The van der Waals surface area contributed by atoms with Crippen molar-refractivity contribution in [1.29, 1.82) is 0 Å². The number of hydrogen-bond acceptors (Lipinski definition) is 2. The lowest BCUT2D eigenvalue weighted by molar-refractivity contribution is 0.526. The highest BCUT2D eigenvalue weighted by molar-refractivity contribution is 6.34. The maximum Gasteiger partial charge on any atom is 0.107 e. The van der Waals surface area contributed by atoms with Crippen molar-refractivity contribution in [2.24, 2.45) is 5.92 Å². The molecule has 1 fully saturated rings. The molecular weight excluding hydrogens is 234 g/mol. The number of nitrogens with zero attached hydrogens (tertiary/aromatic N) is 1. The molecule has 1 unspecified atom stereocenters. The Labute approximate surface area is 106 Å². The highest BCUT2D eigenvalue weighted by atomic mass is 35.5. The average molecular weight is 250 g/mol. The van der Waals surface area contributed by atoms with Gasteiger partial charge in [0.25, 0.3) is 0 Å². The number of fused-ring (bicyclic) bond motifs is 1. The lowest BCUT2D eigenvalue weighted by Crippen LogP contribution is -2.09. The van der Waals surface area contributed by atoms with E-state index in [1.807, 2.05) is 18.2 Å². The molecule has 0 amide bonds. The molecule has 2 N–H and O–H groups in total. The van der Waals surface area contributed by atoms with E-state index in [0.29, 0.717) is 0 Å². The number of para-hydroxylation sites is 1. The van der Waals surface area contributed by atoms with Gasteiger partial charge in [-0.2, -0.15) is 0 Å². The van der Waals surface area contributed by atoms with E-state index in [9.17, 15) is 0 Å². The van der Waals surface area contributed by atoms with Crippen LogP contribution in [0.2, 0.25) is 5.02 Å². The van der Waals surface area contributed by atoms with Gasteiger partial charge in [0, 0.05) is 6.42 Å². The summed E-state index contributed by atoms with van der Waals surface area (Å²) in [7, 11) is 0. The van der Waals surface area contributed by atoms with Gasteiger partial charge in [-0.1, -0.05) is 17.7 Å². The number of imidazole rings is 1. The Balaban J connectivity index is 1.74. The van der Waals surface area contributed by atoms with Gasteiger partial charge < -0.3 is 10.3 Å². The van der Waals surface area contributed by atoms with Crippen molar-refractivity contribution < 1.29 is 0 Å². The standard InChI is InChI=1S/C13H16ClN3/c14-10-2-1-3-11-13(10)17-12(16-11)5-4-9-6-7-15-8-9/h1-3,9,15H,4-8H2,(H,16,17). The Bertz CT molecular complexity index is 514. The summed E-state index contributed by atoms with van der Waals surface area (Å²) in [4.78, 5) is 7.91. The monoisotopic (exact) mass is 249 g/mol. The number of aryl methyl sites for hydroxylation is 1. The molecule has 1 aromatic carbocycles. The van der Waals surface area contributed by atoms with Crippen molar-refractivity contribution in [2.75, 3.05) is 13.1 Å². The van der Waals surface area contributed by atoms with Gasteiger partial charge in [-0.05, 0) is 44.0 Å². The molecule has 90 valence electrons. The van der Waals surface area contributed by atoms with Gasteiger partial charge in [-0.15, -0.1) is 0 Å². The van der Waals surface area contributed by atoms with Crippen LogP contribution < -0.4 is 5.32 Å². The van der Waals surface area contributed by atoms with Crippen molar-refractivity contribution >= 4 is 22.6 Å². The smallest absolute Gasteiger partial charge is 0.107 e. The van der Waals surface area contributed by atoms with Crippen LogP contribution in [0.5, 0.6) is 0 Å². The van der Waals surface area contributed by atoms with Gasteiger partial charge >= 0.3 is 0 Å². The van der Waals surface area contributed by atoms with E-state index in [1.165, 1.54) is 12.8 Å². The Hall–Kier alpha value is -1.06. The summed E-state index contributed by atoms with van der Waals surface area (Å²) in [6, 6.07) is 5.86. The lowest BCUT2D eigenvalue weighted by Gasteiger charge is -2.05. The van der Waals surface area contributed by atoms with E-state index in [0.717, 1.165) is 47.3 Å². The summed E-state index contributed by atoms with van der Waals surface area (Å²) in [5.74, 6) is 1.86. The first kappa shape index (κ1) is 11.1. The predicted octanol–water partition coefficient (Wildman–Crippen LogP) is 2.76. The number of aromatic nitrogens is 2. The number of H-pyrrole nitrogens is 1. The first-order valence-electron chi connectivity index (χ1n) is 6.17. The van der Waals surface area contributed by atoms with Crippen LogP contribution in [0.4, 0.5) is 0 Å². The molecule has 0 aliphatic carbocycles. The number of rotatable bonds is 3. The van der Waals surface area contributed by atoms with E-state index in [-0.39, 0.29) is 0 Å². The average Bonchev–Trinajstić information content (AvgIpc) is 2.95. The normalized spacial score (nSPS) is 20.2. The van der Waals surface area contributed by atoms with E-state index < -0.39 is 0 Å². The van der Waals surface area contributed by atoms with Crippen molar-refractivity contribution in [3.8, 4) is 0 Å². The summed E-state index contributed by atoms with van der Waals surface area (Å²) in [5.41, 5.74) is 1.94. The molecule has 3 rings (SSSR count). The molecule has 1 aliphatic heterocycles. The second kappa shape index (κ2) is 4.67. The van der Waals surface area contributed by atoms with E-state index in [1.54, 1.807) is 0 Å². The zero-order valence-corrected chi connectivity index (χ0v) is 10.4. The zero-order valence-electron chi connectivity index (χ0n) is 9.67. The number of halogens is 1. The molecule has 1 aromatic heterocycles. The first-order valence-corrected chi connectivity index (χ1v) is 6.54. The largest absolute Gasteiger partial charge is 0.342 e. The predicted molar refractivity (Wildman–Crippen MR) is 70.4 cm³/mol. The van der Waals surface area contributed by atoms with Gasteiger partial charge in [0.2, 0.25) is 0 Å². The van der Waals surface area contributed by atoms with Gasteiger partial charge in [0.15, 0.2) is 0 Å². The molecule has 17 heavy (non-hydrogen) atoms. The molecule has 0 saturated carbocycles. The molecule has 0 spiro atoms. The number of nitrogens with one attached hydrogen (secondary N) is 2. The summed E-state index contributed by atoms with van der Waals surface area (Å²) >= 11 is 6.11. The van der Waals surface area contributed by atoms with Gasteiger partial charge in [-0.3, -0.25) is 0 Å². The third-order valence-electron chi connectivity index (χ3n) is 3.46. The van der Waals surface area contributed by atoms with Gasteiger partial charge in [0.05, 0.1) is 10.5 Å². The summed E-state index contributed by atoms with van der Waals surface area (Å²) in [5, 5.41) is 4.12. The SMILES string of the molecule is Clc1cccc2[nH]c(CCC3CCNC3)nc12. The minimum absolute atomic E-state index is 0.729. The third-order valence-corrected chi connectivity index (χ3v) is 3.77. The van der Waals surface area contributed by atoms with Crippen LogP contribution in [0.15, 0.2) is 18.2 Å². The minimum atomic E-state index is 0.729. The van der Waals surface area contributed by atoms with Crippen LogP contribution in [0.3, 0.4) is 0 Å². The maximum atomic E-state index is 6.11. The van der Waals surface area contributed by atoms with Crippen LogP contribution >= 0.6 is 11.6 Å². The molecule has 0 radical (unpaired) electrons. The molecular formula is C13H16ClN3. The molecule has 2 aromatic rings. The van der Waals surface area contributed by atoms with Crippen molar-refractivity contribution in [1.82, 2.24) is 15.3 Å². The number of aromatic amines is 1. The third kappa shape index (κ3) is 2.31. The minimum Gasteiger partial charge on any atom is -0.342 e. The topological polar surface area (TPSA) is 40.7 Å².